The molecule has 1 aliphatic heterocycles. The van der Waals surface area contributed by atoms with E-state index in [4.69, 9.17) is 4.74 Å². The number of hydrogen-bond donors (Lipinski definition) is 1. The van der Waals surface area contributed by atoms with E-state index in [-0.39, 0.29) is 11.9 Å². The van der Waals surface area contributed by atoms with Gasteiger partial charge in [0.15, 0.2) is 0 Å². The Labute approximate surface area is 71.3 Å². The molecule has 12 heavy (non-hydrogen) atoms. The van der Waals surface area contributed by atoms with Crippen molar-refractivity contribution in [3.63, 3.8) is 0 Å². The van der Waals surface area contributed by atoms with Gasteiger partial charge in [0, 0.05) is 6.42 Å². The lowest BCUT2D eigenvalue weighted by Gasteiger charge is -2.08. The second-order valence-electron chi connectivity index (χ2n) is 2.83. The molecule has 0 saturated carbocycles. The molecule has 0 unspecified atom stereocenters. The first kappa shape index (κ1) is 9.03. The van der Waals surface area contributed by atoms with E-state index in [2.05, 4.69) is 5.32 Å². The van der Waals surface area contributed by atoms with Crippen LogP contribution in [0, 0.1) is 0 Å². The molecule has 1 saturated heterocycles. The summed E-state index contributed by atoms with van der Waals surface area (Å²) in [5.41, 5.74) is 0. The Balaban J connectivity index is 2.28. The summed E-state index contributed by atoms with van der Waals surface area (Å²) >= 11 is 0. The Hall–Kier alpha value is -1.06. The third-order valence-corrected chi connectivity index (χ3v) is 1.73. The molecule has 1 fully saturated rings. The van der Waals surface area contributed by atoms with Gasteiger partial charge in [-0.1, -0.05) is 6.92 Å². The third kappa shape index (κ3) is 2.22. The molecule has 0 radical (unpaired) electrons. The zero-order valence-electron chi connectivity index (χ0n) is 7.13. The molecule has 68 valence electrons. The molecule has 0 spiro atoms. The summed E-state index contributed by atoms with van der Waals surface area (Å²) in [6, 6.07) is -0.399. The fourth-order valence-corrected chi connectivity index (χ4v) is 1.09. The molecule has 1 rings (SSSR count). The van der Waals surface area contributed by atoms with E-state index in [1.165, 1.54) is 0 Å². The minimum atomic E-state index is -0.399. The molecule has 1 aliphatic rings. The number of rotatable bonds is 3. The fourth-order valence-electron chi connectivity index (χ4n) is 1.09. The maximum Gasteiger partial charge on any atom is 0.328 e. The highest BCUT2D eigenvalue weighted by Crippen LogP contribution is 2.07. The molecule has 0 aromatic carbocycles. The lowest BCUT2D eigenvalue weighted by molar-refractivity contribution is -0.146. The van der Waals surface area contributed by atoms with Crippen LogP contribution in [0.5, 0.6) is 0 Å². The molecule has 0 aromatic heterocycles. The highest BCUT2D eigenvalue weighted by Gasteiger charge is 2.27. The molecule has 0 aromatic rings. The van der Waals surface area contributed by atoms with Gasteiger partial charge in [0.25, 0.3) is 0 Å². The van der Waals surface area contributed by atoms with Gasteiger partial charge in [-0.05, 0) is 12.8 Å². The Morgan fingerprint density at radius 1 is 1.75 bits per heavy atom. The number of amides is 1. The van der Waals surface area contributed by atoms with Gasteiger partial charge in [-0.3, -0.25) is 4.79 Å². The molecule has 1 amide bonds. The second kappa shape index (κ2) is 4.09. The molecule has 1 N–H and O–H groups in total. The Kier molecular flexibility index (Phi) is 3.08. The predicted molar refractivity (Wildman–Crippen MR) is 42.4 cm³/mol. The van der Waals surface area contributed by atoms with Crippen LogP contribution in [0.4, 0.5) is 0 Å². The molecule has 4 heteroatoms. The first-order valence-electron chi connectivity index (χ1n) is 4.20. The summed E-state index contributed by atoms with van der Waals surface area (Å²) in [4.78, 5) is 21.8. The average Bonchev–Trinajstić information content (AvgIpc) is 2.47. The zero-order valence-corrected chi connectivity index (χ0v) is 7.13. The number of nitrogens with one attached hydrogen (secondary N) is 1. The van der Waals surface area contributed by atoms with Crippen LogP contribution in [0.25, 0.3) is 0 Å². The highest BCUT2D eigenvalue weighted by molar-refractivity contribution is 5.87. The maximum absolute atomic E-state index is 11.1. The predicted octanol–water partition coefficient (Wildman–Crippen LogP) is 0.218. The first-order valence-corrected chi connectivity index (χ1v) is 4.20. The van der Waals surface area contributed by atoms with Gasteiger partial charge in [-0.15, -0.1) is 0 Å². The number of hydrogen-bond acceptors (Lipinski definition) is 3. The minimum Gasteiger partial charge on any atom is -0.464 e. The van der Waals surface area contributed by atoms with Crippen LogP contribution in [0.3, 0.4) is 0 Å². The van der Waals surface area contributed by atoms with E-state index in [0.29, 0.717) is 19.4 Å². The average molecular weight is 171 g/mol. The fraction of sp³-hybridized carbons (Fsp3) is 0.750. The number of esters is 1. The van der Waals surface area contributed by atoms with Crippen molar-refractivity contribution in [2.75, 3.05) is 6.61 Å². The maximum atomic E-state index is 11.1. The van der Waals surface area contributed by atoms with Crippen molar-refractivity contribution in [3.8, 4) is 0 Å². The van der Waals surface area contributed by atoms with Gasteiger partial charge >= 0.3 is 5.97 Å². The molecule has 0 bridgehead atoms. The lowest BCUT2D eigenvalue weighted by atomic mass is 10.2. The summed E-state index contributed by atoms with van der Waals surface area (Å²) in [6.45, 7) is 2.37. The molecular weight excluding hydrogens is 158 g/mol. The van der Waals surface area contributed by atoms with Crippen molar-refractivity contribution >= 4 is 11.9 Å². The smallest absolute Gasteiger partial charge is 0.328 e. The van der Waals surface area contributed by atoms with Gasteiger partial charge in [0.2, 0.25) is 5.91 Å². The quantitative estimate of drug-likeness (QED) is 0.618. The lowest BCUT2D eigenvalue weighted by Crippen LogP contribution is -2.34. The van der Waals surface area contributed by atoms with Crippen LogP contribution in [0.2, 0.25) is 0 Å². The van der Waals surface area contributed by atoms with Gasteiger partial charge in [0.1, 0.15) is 6.04 Å². The monoisotopic (exact) mass is 171 g/mol. The Morgan fingerprint density at radius 3 is 3.00 bits per heavy atom. The standard InChI is InChI=1S/C8H13NO3/c1-2-5-12-8(11)6-3-4-7(10)9-6/h6H,2-5H2,1H3,(H,9,10)/t6-/m0/s1. The highest BCUT2D eigenvalue weighted by atomic mass is 16.5. The van der Waals surface area contributed by atoms with Crippen molar-refractivity contribution in [1.82, 2.24) is 5.32 Å². The molecule has 1 heterocycles. The molecule has 4 nitrogen and oxygen atoms in total. The SMILES string of the molecule is CCCOC(=O)[C@@H]1CCC(=O)N1. The summed E-state index contributed by atoms with van der Waals surface area (Å²) in [6.07, 6.45) is 1.82. The van der Waals surface area contributed by atoms with E-state index in [1.807, 2.05) is 6.92 Å². The van der Waals surface area contributed by atoms with Crippen LogP contribution in [-0.4, -0.2) is 24.5 Å². The van der Waals surface area contributed by atoms with Crippen molar-refractivity contribution in [1.29, 1.82) is 0 Å². The zero-order chi connectivity index (χ0) is 8.97. The van der Waals surface area contributed by atoms with Crippen molar-refractivity contribution in [2.24, 2.45) is 0 Å². The summed E-state index contributed by atoms with van der Waals surface area (Å²) < 4.78 is 4.87. The van der Waals surface area contributed by atoms with Crippen molar-refractivity contribution in [2.45, 2.75) is 32.2 Å². The van der Waals surface area contributed by atoms with E-state index in [9.17, 15) is 9.59 Å². The van der Waals surface area contributed by atoms with Crippen LogP contribution in [0.15, 0.2) is 0 Å². The van der Waals surface area contributed by atoms with Gasteiger partial charge in [0.05, 0.1) is 6.61 Å². The first-order chi connectivity index (χ1) is 5.74. The molecule has 0 aliphatic carbocycles. The summed E-state index contributed by atoms with van der Waals surface area (Å²) in [5.74, 6) is -0.365. The van der Waals surface area contributed by atoms with E-state index in [1.54, 1.807) is 0 Å². The van der Waals surface area contributed by atoms with E-state index >= 15 is 0 Å². The topological polar surface area (TPSA) is 55.4 Å². The number of carbonyl (C=O) groups excluding carboxylic acids is 2. The largest absolute Gasteiger partial charge is 0.464 e. The van der Waals surface area contributed by atoms with Crippen molar-refractivity contribution in [3.05, 3.63) is 0 Å². The van der Waals surface area contributed by atoms with Gasteiger partial charge in [-0.25, -0.2) is 4.79 Å². The van der Waals surface area contributed by atoms with Crippen LogP contribution >= 0.6 is 0 Å². The Bertz CT molecular complexity index is 191. The normalized spacial score (nSPS) is 22.1. The van der Waals surface area contributed by atoms with Crippen LogP contribution in [-0.2, 0) is 14.3 Å². The van der Waals surface area contributed by atoms with Crippen LogP contribution in [0.1, 0.15) is 26.2 Å². The Morgan fingerprint density at radius 2 is 2.50 bits per heavy atom. The van der Waals surface area contributed by atoms with E-state index < -0.39 is 6.04 Å². The summed E-state index contributed by atoms with van der Waals surface area (Å²) in [5, 5.41) is 2.55. The number of ether oxygens (including phenoxy) is 1. The molecule has 1 atom stereocenters. The second-order valence-corrected chi connectivity index (χ2v) is 2.83. The van der Waals surface area contributed by atoms with Gasteiger partial charge in [-0.2, -0.15) is 0 Å². The third-order valence-electron chi connectivity index (χ3n) is 1.73. The van der Waals surface area contributed by atoms with Gasteiger partial charge < -0.3 is 10.1 Å². The van der Waals surface area contributed by atoms with Crippen LogP contribution < -0.4 is 5.32 Å². The number of carbonyl (C=O) groups is 2. The molecular formula is C8H13NO3. The van der Waals surface area contributed by atoms with Crippen molar-refractivity contribution < 1.29 is 14.3 Å². The van der Waals surface area contributed by atoms with E-state index in [0.717, 1.165) is 6.42 Å². The summed E-state index contributed by atoms with van der Waals surface area (Å²) in [7, 11) is 0. The minimum absolute atomic E-state index is 0.0616.